The first-order valence-corrected chi connectivity index (χ1v) is 4.04. The lowest BCUT2D eigenvalue weighted by Crippen LogP contribution is -2.04. The Kier molecular flexibility index (Phi) is 3.79. The van der Waals surface area contributed by atoms with Gasteiger partial charge in [0.15, 0.2) is 0 Å². The molecule has 74 valence electrons. The van der Waals surface area contributed by atoms with Gasteiger partial charge in [0.05, 0.1) is 7.11 Å². The summed E-state index contributed by atoms with van der Waals surface area (Å²) in [5.41, 5.74) is 0.619. The Labute approximate surface area is 81.2 Å². The summed E-state index contributed by atoms with van der Waals surface area (Å²) < 4.78 is 17.1. The van der Waals surface area contributed by atoms with Crippen LogP contribution in [0.4, 0.5) is 4.39 Å². The van der Waals surface area contributed by atoms with E-state index in [4.69, 9.17) is 0 Å². The normalized spacial score (nSPS) is 10.4. The Morgan fingerprint density at radius 1 is 1.64 bits per heavy atom. The smallest absolute Gasteiger partial charge is 0.327 e. The number of carbonyl (C=O) groups is 1. The van der Waals surface area contributed by atoms with Gasteiger partial charge in [-0.1, -0.05) is 12.1 Å². The van der Waals surface area contributed by atoms with Crippen molar-refractivity contribution in [2.75, 3.05) is 13.7 Å². The Morgan fingerprint density at radius 3 is 3.07 bits per heavy atom. The van der Waals surface area contributed by atoms with E-state index in [1.54, 1.807) is 12.1 Å². The number of carbonyl (C=O) groups excluding carboxylic acids is 1. The molecule has 4 heteroatoms. The fraction of sp³-hybridized carbons (Fsp3) is 0.200. The molecular weight excluding hydrogens is 185 g/mol. The van der Waals surface area contributed by atoms with Crippen molar-refractivity contribution >= 4 is 12.2 Å². The first-order chi connectivity index (χ1) is 6.72. The van der Waals surface area contributed by atoms with Gasteiger partial charge in [0.25, 0.3) is 0 Å². The van der Waals surface area contributed by atoms with Crippen molar-refractivity contribution < 1.29 is 13.9 Å². The van der Waals surface area contributed by atoms with Gasteiger partial charge in [-0.25, -0.2) is 4.39 Å². The van der Waals surface area contributed by atoms with Crippen molar-refractivity contribution in [3.05, 3.63) is 35.6 Å². The first-order valence-electron chi connectivity index (χ1n) is 4.04. The van der Waals surface area contributed by atoms with Crippen molar-refractivity contribution in [2.24, 2.45) is 4.99 Å². The lowest BCUT2D eigenvalue weighted by molar-refractivity contribution is -0.138. The monoisotopic (exact) mass is 195 g/mol. The number of ether oxygens (including phenoxy) is 1. The lowest BCUT2D eigenvalue weighted by atomic mass is 10.2. The number of methoxy groups -OCH3 is 1. The second-order valence-electron chi connectivity index (χ2n) is 2.60. The third kappa shape index (κ3) is 3.35. The van der Waals surface area contributed by atoms with Gasteiger partial charge in [0, 0.05) is 6.21 Å². The zero-order valence-electron chi connectivity index (χ0n) is 7.74. The average Bonchev–Trinajstić information content (AvgIpc) is 2.17. The number of halogens is 1. The molecule has 0 aliphatic rings. The van der Waals surface area contributed by atoms with E-state index >= 15 is 0 Å². The van der Waals surface area contributed by atoms with Gasteiger partial charge in [-0.3, -0.25) is 9.79 Å². The fourth-order valence-electron chi connectivity index (χ4n) is 0.877. The van der Waals surface area contributed by atoms with Gasteiger partial charge in [0.1, 0.15) is 12.4 Å². The molecule has 0 aliphatic heterocycles. The summed E-state index contributed by atoms with van der Waals surface area (Å²) in [5, 5.41) is 0. The van der Waals surface area contributed by atoms with Crippen LogP contribution in [0, 0.1) is 5.82 Å². The maximum atomic E-state index is 12.7. The zero-order valence-corrected chi connectivity index (χ0v) is 7.74. The van der Waals surface area contributed by atoms with E-state index in [9.17, 15) is 9.18 Å². The van der Waals surface area contributed by atoms with Crippen LogP contribution >= 0.6 is 0 Å². The molecule has 0 N–H and O–H groups in total. The minimum absolute atomic E-state index is 0.0486. The summed E-state index contributed by atoms with van der Waals surface area (Å²) in [5.74, 6) is -0.746. The minimum Gasteiger partial charge on any atom is -0.468 e. The molecule has 0 unspecified atom stereocenters. The van der Waals surface area contributed by atoms with Crippen LogP contribution in [0.3, 0.4) is 0 Å². The molecule has 0 fully saturated rings. The number of benzene rings is 1. The predicted octanol–water partition coefficient (Wildman–Crippen LogP) is 1.42. The topological polar surface area (TPSA) is 38.7 Å². The molecule has 1 rings (SSSR count). The summed E-state index contributed by atoms with van der Waals surface area (Å²) in [6, 6.07) is 5.96. The van der Waals surface area contributed by atoms with E-state index in [1.165, 1.54) is 25.5 Å². The van der Waals surface area contributed by atoms with E-state index in [2.05, 4.69) is 9.73 Å². The molecule has 1 aromatic carbocycles. The van der Waals surface area contributed by atoms with Crippen LogP contribution < -0.4 is 0 Å². The third-order valence-corrected chi connectivity index (χ3v) is 1.54. The van der Waals surface area contributed by atoms with Crippen molar-refractivity contribution in [1.82, 2.24) is 0 Å². The molecule has 0 saturated carbocycles. The quantitative estimate of drug-likeness (QED) is 0.540. The highest BCUT2D eigenvalue weighted by Gasteiger charge is 1.95. The minimum atomic E-state index is -0.419. The second-order valence-corrected chi connectivity index (χ2v) is 2.60. The molecule has 0 radical (unpaired) electrons. The second kappa shape index (κ2) is 5.11. The van der Waals surface area contributed by atoms with Gasteiger partial charge in [-0.05, 0) is 17.7 Å². The van der Waals surface area contributed by atoms with Crippen LogP contribution in [0.5, 0.6) is 0 Å². The van der Waals surface area contributed by atoms with E-state index in [0.717, 1.165) is 0 Å². The third-order valence-electron chi connectivity index (χ3n) is 1.54. The molecule has 0 aromatic heterocycles. The highest BCUT2D eigenvalue weighted by molar-refractivity contribution is 5.82. The molecular formula is C10H10FNO2. The molecule has 3 nitrogen and oxygen atoms in total. The Bertz CT molecular complexity index is 350. The maximum Gasteiger partial charge on any atom is 0.327 e. The van der Waals surface area contributed by atoms with Crippen LogP contribution in [0.2, 0.25) is 0 Å². The van der Waals surface area contributed by atoms with Gasteiger partial charge in [-0.15, -0.1) is 0 Å². The highest BCUT2D eigenvalue weighted by atomic mass is 19.1. The number of aliphatic imine (C=N–C) groups is 1. The standard InChI is InChI=1S/C10H10FNO2/c1-14-10(13)7-12-6-8-3-2-4-9(11)5-8/h2-6H,7H2,1H3. The van der Waals surface area contributed by atoms with Crippen LogP contribution in [0.15, 0.2) is 29.3 Å². The molecule has 0 bridgehead atoms. The summed E-state index contributed by atoms with van der Waals surface area (Å²) in [7, 11) is 1.29. The Hall–Kier alpha value is -1.71. The van der Waals surface area contributed by atoms with Crippen LogP contribution in [0.1, 0.15) is 5.56 Å². The number of esters is 1. The highest BCUT2D eigenvalue weighted by Crippen LogP contribution is 2.00. The van der Waals surface area contributed by atoms with Crippen LogP contribution in [-0.4, -0.2) is 25.8 Å². The number of hydrogen-bond donors (Lipinski definition) is 0. The van der Waals surface area contributed by atoms with E-state index < -0.39 is 5.97 Å². The predicted molar refractivity (Wildman–Crippen MR) is 50.9 cm³/mol. The van der Waals surface area contributed by atoms with E-state index in [-0.39, 0.29) is 12.4 Å². The summed E-state index contributed by atoms with van der Waals surface area (Å²) in [4.78, 5) is 14.4. The van der Waals surface area contributed by atoms with Crippen molar-refractivity contribution in [3.8, 4) is 0 Å². The Morgan fingerprint density at radius 2 is 2.43 bits per heavy atom. The van der Waals surface area contributed by atoms with Gasteiger partial charge < -0.3 is 4.74 Å². The lowest BCUT2D eigenvalue weighted by Gasteiger charge is -1.94. The molecule has 0 saturated heterocycles. The maximum absolute atomic E-state index is 12.7. The van der Waals surface area contributed by atoms with E-state index in [1.807, 2.05) is 0 Å². The van der Waals surface area contributed by atoms with Crippen LogP contribution in [-0.2, 0) is 9.53 Å². The number of hydrogen-bond acceptors (Lipinski definition) is 3. The van der Waals surface area contributed by atoms with Crippen molar-refractivity contribution in [3.63, 3.8) is 0 Å². The average molecular weight is 195 g/mol. The first kappa shape index (κ1) is 10.4. The van der Waals surface area contributed by atoms with Gasteiger partial charge in [-0.2, -0.15) is 0 Å². The largest absolute Gasteiger partial charge is 0.468 e. The van der Waals surface area contributed by atoms with Gasteiger partial charge >= 0.3 is 5.97 Å². The number of nitrogens with zero attached hydrogens (tertiary/aromatic N) is 1. The van der Waals surface area contributed by atoms with E-state index in [0.29, 0.717) is 5.56 Å². The van der Waals surface area contributed by atoms with Crippen molar-refractivity contribution in [2.45, 2.75) is 0 Å². The number of rotatable bonds is 3. The molecule has 0 aliphatic carbocycles. The summed E-state index contributed by atoms with van der Waals surface area (Å²) in [6.45, 7) is -0.0486. The molecule has 14 heavy (non-hydrogen) atoms. The van der Waals surface area contributed by atoms with Crippen molar-refractivity contribution in [1.29, 1.82) is 0 Å². The van der Waals surface area contributed by atoms with Crippen LogP contribution in [0.25, 0.3) is 0 Å². The molecule has 0 spiro atoms. The molecule has 0 atom stereocenters. The fourth-order valence-corrected chi connectivity index (χ4v) is 0.877. The molecule has 0 heterocycles. The van der Waals surface area contributed by atoms with Gasteiger partial charge in [0.2, 0.25) is 0 Å². The summed E-state index contributed by atoms with van der Waals surface area (Å²) >= 11 is 0. The SMILES string of the molecule is COC(=O)CN=Cc1cccc(F)c1. The summed E-state index contributed by atoms with van der Waals surface area (Å²) in [6.07, 6.45) is 1.43. The molecule has 0 amide bonds. The zero-order chi connectivity index (χ0) is 10.4. The Balaban J connectivity index is 2.56. The molecule has 1 aromatic rings.